The molecule has 128 valence electrons. The zero-order valence-electron chi connectivity index (χ0n) is 12.9. The van der Waals surface area contributed by atoms with E-state index in [1.807, 2.05) is 0 Å². The standard InChI is InChI=1S/C16H17FN2O3S2/c17-15-7-12(19-9-13(8-18-10-23)22-16(19)20)1-2-14(15)11-3-5-24(21)6-4-11/h1-2,7,11,13H,3-6,8-9H2/t11?,13-,24?/m1/s1. The Hall–Kier alpha value is -1.63. The molecule has 2 fully saturated rings. The SMILES string of the molecule is O=C1O[C@H](CN=C=S)CN1c1ccc(C2CCS(=O)CC2)c(F)c1. The van der Waals surface area contributed by atoms with Crippen molar-refractivity contribution in [3.8, 4) is 0 Å². The van der Waals surface area contributed by atoms with E-state index >= 15 is 0 Å². The van der Waals surface area contributed by atoms with E-state index in [0.717, 1.165) is 12.8 Å². The van der Waals surface area contributed by atoms with Gasteiger partial charge in [0, 0.05) is 22.3 Å². The molecule has 0 aromatic heterocycles. The Bertz CT molecular complexity index is 711. The van der Waals surface area contributed by atoms with Crippen LogP contribution in [0.2, 0.25) is 0 Å². The van der Waals surface area contributed by atoms with Gasteiger partial charge in [-0.2, -0.15) is 0 Å². The van der Waals surface area contributed by atoms with E-state index in [-0.39, 0.29) is 18.3 Å². The molecule has 0 unspecified atom stereocenters. The first-order valence-corrected chi connectivity index (χ1v) is 9.64. The number of nitrogens with zero attached hydrogens (tertiary/aromatic N) is 2. The number of carbonyl (C=O) groups excluding carboxylic acids is 1. The number of hydrogen-bond acceptors (Lipinski definition) is 5. The molecule has 8 heteroatoms. The minimum atomic E-state index is -0.773. The number of isothiocyanates is 1. The van der Waals surface area contributed by atoms with Gasteiger partial charge in [-0.25, -0.2) is 14.2 Å². The number of cyclic esters (lactones) is 1. The average molecular weight is 368 g/mol. The molecule has 2 aliphatic rings. The third-order valence-electron chi connectivity index (χ3n) is 4.36. The number of aliphatic imine (C=N–C) groups is 1. The summed E-state index contributed by atoms with van der Waals surface area (Å²) in [6, 6.07) is 4.82. The summed E-state index contributed by atoms with van der Waals surface area (Å²) in [6.45, 7) is 0.562. The molecule has 0 N–H and O–H groups in total. The first-order chi connectivity index (χ1) is 11.6. The summed E-state index contributed by atoms with van der Waals surface area (Å²) in [5.41, 5.74) is 1.10. The second-order valence-electron chi connectivity index (χ2n) is 5.88. The summed E-state index contributed by atoms with van der Waals surface area (Å²) in [6.07, 6.45) is 0.544. The van der Waals surface area contributed by atoms with E-state index in [1.165, 1.54) is 11.0 Å². The van der Waals surface area contributed by atoms with Gasteiger partial charge in [0.25, 0.3) is 0 Å². The van der Waals surface area contributed by atoms with E-state index in [2.05, 4.69) is 22.4 Å². The van der Waals surface area contributed by atoms with E-state index in [0.29, 0.717) is 29.3 Å². The number of amides is 1. The molecule has 2 saturated heterocycles. The zero-order valence-corrected chi connectivity index (χ0v) is 14.6. The van der Waals surface area contributed by atoms with Crippen molar-refractivity contribution in [2.45, 2.75) is 24.9 Å². The summed E-state index contributed by atoms with van der Waals surface area (Å²) in [5.74, 6) is 0.990. The fourth-order valence-corrected chi connectivity index (χ4v) is 4.46. The van der Waals surface area contributed by atoms with E-state index in [4.69, 9.17) is 4.74 Å². The Labute approximate surface area is 147 Å². The summed E-state index contributed by atoms with van der Waals surface area (Å²) in [5, 5.41) is 2.24. The number of ether oxygens (including phenoxy) is 1. The van der Waals surface area contributed by atoms with E-state index in [9.17, 15) is 13.4 Å². The van der Waals surface area contributed by atoms with Gasteiger partial charge in [-0.1, -0.05) is 6.07 Å². The highest BCUT2D eigenvalue weighted by Crippen LogP contribution is 2.32. The number of rotatable bonds is 4. The highest BCUT2D eigenvalue weighted by molar-refractivity contribution is 7.85. The molecule has 0 spiro atoms. The van der Waals surface area contributed by atoms with Crippen molar-refractivity contribution in [3.05, 3.63) is 29.6 Å². The van der Waals surface area contributed by atoms with Crippen LogP contribution in [-0.2, 0) is 15.5 Å². The minimum Gasteiger partial charge on any atom is -0.442 e. The molecule has 2 heterocycles. The van der Waals surface area contributed by atoms with Crippen molar-refractivity contribution in [2.75, 3.05) is 29.5 Å². The zero-order chi connectivity index (χ0) is 17.1. The highest BCUT2D eigenvalue weighted by atomic mass is 32.2. The Morgan fingerprint density at radius 3 is 2.83 bits per heavy atom. The average Bonchev–Trinajstić information content (AvgIpc) is 2.95. The maximum absolute atomic E-state index is 14.5. The van der Waals surface area contributed by atoms with Crippen LogP contribution in [0.15, 0.2) is 23.2 Å². The van der Waals surface area contributed by atoms with Gasteiger partial charge in [0.15, 0.2) is 0 Å². The van der Waals surface area contributed by atoms with Crippen molar-refractivity contribution in [2.24, 2.45) is 4.99 Å². The monoisotopic (exact) mass is 368 g/mol. The number of anilines is 1. The second kappa shape index (κ2) is 7.51. The molecule has 1 amide bonds. The lowest BCUT2D eigenvalue weighted by Gasteiger charge is -2.23. The van der Waals surface area contributed by atoms with Gasteiger partial charge in [-0.05, 0) is 48.7 Å². The molecule has 0 bridgehead atoms. The largest absolute Gasteiger partial charge is 0.442 e. The van der Waals surface area contributed by atoms with Crippen molar-refractivity contribution in [3.63, 3.8) is 0 Å². The molecule has 24 heavy (non-hydrogen) atoms. The third-order valence-corrected chi connectivity index (χ3v) is 5.87. The van der Waals surface area contributed by atoms with Crippen LogP contribution in [0.3, 0.4) is 0 Å². The van der Waals surface area contributed by atoms with Crippen molar-refractivity contribution in [1.29, 1.82) is 0 Å². The Morgan fingerprint density at radius 1 is 1.42 bits per heavy atom. The van der Waals surface area contributed by atoms with Crippen LogP contribution < -0.4 is 4.90 Å². The number of halogens is 1. The lowest BCUT2D eigenvalue weighted by molar-refractivity contribution is 0.145. The van der Waals surface area contributed by atoms with Gasteiger partial charge in [0.2, 0.25) is 0 Å². The smallest absolute Gasteiger partial charge is 0.414 e. The summed E-state index contributed by atoms with van der Waals surface area (Å²) < 4.78 is 31.1. The molecule has 2 aliphatic heterocycles. The van der Waals surface area contributed by atoms with Crippen LogP contribution in [0.1, 0.15) is 24.3 Å². The summed E-state index contributed by atoms with van der Waals surface area (Å²) >= 11 is 4.50. The third kappa shape index (κ3) is 3.71. The van der Waals surface area contributed by atoms with Gasteiger partial charge in [0.05, 0.1) is 23.9 Å². The van der Waals surface area contributed by atoms with Gasteiger partial charge < -0.3 is 4.74 Å². The fraction of sp³-hybridized carbons (Fsp3) is 0.500. The molecule has 1 atom stereocenters. The van der Waals surface area contributed by atoms with Gasteiger partial charge in [-0.3, -0.25) is 9.11 Å². The maximum Gasteiger partial charge on any atom is 0.414 e. The molecule has 1 aromatic carbocycles. The van der Waals surface area contributed by atoms with Crippen LogP contribution in [0, 0.1) is 5.82 Å². The lowest BCUT2D eigenvalue weighted by atomic mass is 9.93. The lowest BCUT2D eigenvalue weighted by Crippen LogP contribution is -2.25. The molecule has 0 radical (unpaired) electrons. The highest BCUT2D eigenvalue weighted by Gasteiger charge is 2.33. The van der Waals surface area contributed by atoms with E-state index in [1.54, 1.807) is 12.1 Å². The summed E-state index contributed by atoms with van der Waals surface area (Å²) in [7, 11) is -0.773. The Morgan fingerprint density at radius 2 is 2.17 bits per heavy atom. The molecule has 1 aromatic rings. The number of thiocarbonyl (C=S) groups is 1. The normalized spacial score (nSPS) is 26.8. The maximum atomic E-state index is 14.5. The molecule has 3 rings (SSSR count). The fourth-order valence-electron chi connectivity index (χ4n) is 3.09. The molecule has 5 nitrogen and oxygen atoms in total. The van der Waals surface area contributed by atoms with E-state index < -0.39 is 23.0 Å². The van der Waals surface area contributed by atoms with Crippen LogP contribution >= 0.6 is 12.2 Å². The van der Waals surface area contributed by atoms with Crippen LogP contribution in [0.25, 0.3) is 0 Å². The Balaban J connectivity index is 1.74. The summed E-state index contributed by atoms with van der Waals surface area (Å²) in [4.78, 5) is 17.1. The van der Waals surface area contributed by atoms with Gasteiger partial charge in [0.1, 0.15) is 11.9 Å². The first kappa shape index (κ1) is 17.2. The predicted molar refractivity (Wildman–Crippen MR) is 93.8 cm³/mol. The van der Waals surface area contributed by atoms with Gasteiger partial charge in [-0.15, -0.1) is 0 Å². The quantitative estimate of drug-likeness (QED) is 0.606. The van der Waals surface area contributed by atoms with Crippen molar-refractivity contribution in [1.82, 2.24) is 0 Å². The molecular formula is C16H17FN2O3S2. The Kier molecular flexibility index (Phi) is 5.38. The van der Waals surface area contributed by atoms with Crippen molar-refractivity contribution < 1.29 is 18.1 Å². The number of carbonyl (C=O) groups is 1. The number of benzene rings is 1. The number of hydrogen-bond donors (Lipinski definition) is 0. The molecule has 0 aliphatic carbocycles. The van der Waals surface area contributed by atoms with Crippen LogP contribution in [0.4, 0.5) is 14.9 Å². The predicted octanol–water partition coefficient (Wildman–Crippen LogP) is 2.88. The minimum absolute atomic E-state index is 0.0898. The second-order valence-corrected chi connectivity index (χ2v) is 7.76. The van der Waals surface area contributed by atoms with Crippen LogP contribution in [0.5, 0.6) is 0 Å². The van der Waals surface area contributed by atoms with Gasteiger partial charge >= 0.3 is 6.09 Å². The van der Waals surface area contributed by atoms with Crippen molar-refractivity contribution >= 4 is 40.0 Å². The topological polar surface area (TPSA) is 59.0 Å². The molecule has 0 saturated carbocycles. The molecular weight excluding hydrogens is 351 g/mol. The first-order valence-electron chi connectivity index (χ1n) is 7.74. The van der Waals surface area contributed by atoms with Crippen LogP contribution in [-0.4, -0.2) is 46.2 Å².